The van der Waals surface area contributed by atoms with Crippen LogP contribution in [0, 0.1) is 0 Å². The van der Waals surface area contributed by atoms with Gasteiger partial charge in [0.25, 0.3) is 0 Å². The van der Waals surface area contributed by atoms with E-state index in [0.29, 0.717) is 19.1 Å². The molecule has 2 nitrogen and oxygen atoms in total. The summed E-state index contributed by atoms with van der Waals surface area (Å²) < 4.78 is 11.0. The third-order valence-corrected chi connectivity index (χ3v) is 2.15. The maximum atomic E-state index is 5.59. The maximum absolute atomic E-state index is 5.59. The molecule has 0 heterocycles. The first-order valence-electron chi connectivity index (χ1n) is 5.44. The van der Waals surface area contributed by atoms with Crippen molar-refractivity contribution in [3.8, 4) is 11.5 Å². The number of benzene rings is 1. The normalized spacial score (nSPS) is 10.7. The van der Waals surface area contributed by atoms with Gasteiger partial charge in [0.05, 0.1) is 13.2 Å². The number of alkyl halides is 1. The van der Waals surface area contributed by atoms with Crippen LogP contribution in [0.4, 0.5) is 0 Å². The lowest BCUT2D eigenvalue weighted by Crippen LogP contribution is -1.98. The highest BCUT2D eigenvalue weighted by Crippen LogP contribution is 2.28. The highest BCUT2D eigenvalue weighted by atomic mass is 35.5. The molecule has 0 saturated heterocycles. The summed E-state index contributed by atoms with van der Waals surface area (Å²) in [5.74, 6) is 2.07. The minimum atomic E-state index is 0.511. The minimum Gasteiger partial charge on any atom is -0.490 e. The predicted octanol–water partition coefficient (Wildman–Crippen LogP) is 3.74. The van der Waals surface area contributed by atoms with Gasteiger partial charge in [-0.15, -0.1) is 11.6 Å². The second-order valence-corrected chi connectivity index (χ2v) is 3.44. The van der Waals surface area contributed by atoms with Gasteiger partial charge in [0.15, 0.2) is 11.5 Å². The third kappa shape index (κ3) is 3.78. The first-order valence-corrected chi connectivity index (χ1v) is 5.97. The van der Waals surface area contributed by atoms with E-state index in [1.54, 1.807) is 0 Å². The number of rotatable bonds is 6. The van der Waals surface area contributed by atoms with Crippen molar-refractivity contribution in [2.24, 2.45) is 0 Å². The zero-order chi connectivity index (χ0) is 11.8. The zero-order valence-electron chi connectivity index (χ0n) is 9.70. The second kappa shape index (κ2) is 7.18. The van der Waals surface area contributed by atoms with E-state index in [9.17, 15) is 0 Å². The average molecular weight is 241 g/mol. The molecule has 0 unspecified atom stereocenters. The SMILES string of the molecule is CCOc1ccc(C=CCCl)cc1OCC. The lowest BCUT2D eigenvalue weighted by atomic mass is 10.2. The molecule has 3 heteroatoms. The van der Waals surface area contributed by atoms with Crippen molar-refractivity contribution >= 4 is 17.7 Å². The quantitative estimate of drug-likeness (QED) is 0.706. The average Bonchev–Trinajstić information content (AvgIpc) is 2.30. The van der Waals surface area contributed by atoms with Gasteiger partial charge < -0.3 is 9.47 Å². The molecule has 0 atom stereocenters. The van der Waals surface area contributed by atoms with Crippen molar-refractivity contribution in [2.45, 2.75) is 13.8 Å². The molecule has 0 amide bonds. The first kappa shape index (κ1) is 12.9. The van der Waals surface area contributed by atoms with E-state index in [4.69, 9.17) is 21.1 Å². The Labute approximate surface area is 102 Å². The van der Waals surface area contributed by atoms with Crippen LogP contribution >= 0.6 is 11.6 Å². The van der Waals surface area contributed by atoms with Gasteiger partial charge in [-0.25, -0.2) is 0 Å². The molecule has 1 rings (SSSR count). The fraction of sp³-hybridized carbons (Fsp3) is 0.385. The van der Waals surface area contributed by atoms with E-state index in [-0.39, 0.29) is 0 Å². The van der Waals surface area contributed by atoms with Crippen LogP contribution in [-0.2, 0) is 0 Å². The summed E-state index contributed by atoms with van der Waals surface area (Å²) in [4.78, 5) is 0. The van der Waals surface area contributed by atoms with Crippen LogP contribution in [-0.4, -0.2) is 19.1 Å². The summed E-state index contributed by atoms with van der Waals surface area (Å²) in [6.07, 6.45) is 3.86. The molecule has 0 saturated carbocycles. The largest absolute Gasteiger partial charge is 0.490 e. The Morgan fingerprint density at radius 2 is 1.81 bits per heavy atom. The van der Waals surface area contributed by atoms with Gasteiger partial charge in [-0.2, -0.15) is 0 Å². The van der Waals surface area contributed by atoms with Gasteiger partial charge in [0.1, 0.15) is 0 Å². The highest BCUT2D eigenvalue weighted by Gasteiger charge is 2.04. The molecule has 0 N–H and O–H groups in total. The third-order valence-electron chi connectivity index (χ3n) is 1.97. The number of hydrogen-bond acceptors (Lipinski definition) is 2. The van der Waals surface area contributed by atoms with Crippen LogP contribution in [0.5, 0.6) is 11.5 Å². The number of hydrogen-bond donors (Lipinski definition) is 0. The molecule has 88 valence electrons. The van der Waals surface area contributed by atoms with Gasteiger partial charge in [-0.3, -0.25) is 0 Å². The molecule has 0 fully saturated rings. The molecule has 0 aliphatic carbocycles. The van der Waals surface area contributed by atoms with Crippen molar-refractivity contribution in [3.05, 3.63) is 29.8 Å². The van der Waals surface area contributed by atoms with Crippen LogP contribution < -0.4 is 9.47 Å². The molecule has 0 aliphatic rings. The predicted molar refractivity (Wildman–Crippen MR) is 68.5 cm³/mol. The Morgan fingerprint density at radius 1 is 1.12 bits per heavy atom. The summed E-state index contributed by atoms with van der Waals surface area (Å²) >= 11 is 5.59. The molecule has 0 radical (unpaired) electrons. The first-order chi connectivity index (χ1) is 7.81. The summed E-state index contributed by atoms with van der Waals surface area (Å²) in [6, 6.07) is 5.86. The van der Waals surface area contributed by atoms with E-state index in [0.717, 1.165) is 17.1 Å². The topological polar surface area (TPSA) is 18.5 Å². The van der Waals surface area contributed by atoms with E-state index >= 15 is 0 Å². The molecule has 0 spiro atoms. The van der Waals surface area contributed by atoms with Crippen molar-refractivity contribution in [1.82, 2.24) is 0 Å². The van der Waals surface area contributed by atoms with Crippen LogP contribution in [0.25, 0.3) is 6.08 Å². The van der Waals surface area contributed by atoms with E-state index in [1.807, 2.05) is 44.2 Å². The molecule has 1 aromatic carbocycles. The molecule has 0 aliphatic heterocycles. The van der Waals surface area contributed by atoms with E-state index in [1.165, 1.54) is 0 Å². The summed E-state index contributed by atoms with van der Waals surface area (Å²) in [5.41, 5.74) is 1.06. The zero-order valence-corrected chi connectivity index (χ0v) is 10.5. The summed E-state index contributed by atoms with van der Waals surface area (Å²) in [6.45, 7) is 5.17. The lowest BCUT2D eigenvalue weighted by Gasteiger charge is -2.11. The van der Waals surface area contributed by atoms with Gasteiger partial charge in [0, 0.05) is 5.88 Å². The molecular weight excluding hydrogens is 224 g/mol. The molecule has 0 bridgehead atoms. The molecule has 0 aromatic heterocycles. The number of allylic oxidation sites excluding steroid dienone is 1. The lowest BCUT2D eigenvalue weighted by molar-refractivity contribution is 0.287. The van der Waals surface area contributed by atoms with Crippen molar-refractivity contribution in [2.75, 3.05) is 19.1 Å². The monoisotopic (exact) mass is 240 g/mol. The number of ether oxygens (including phenoxy) is 2. The van der Waals surface area contributed by atoms with Crippen molar-refractivity contribution < 1.29 is 9.47 Å². The fourth-order valence-corrected chi connectivity index (χ4v) is 1.44. The Hall–Kier alpha value is -1.15. The Morgan fingerprint density at radius 3 is 2.44 bits per heavy atom. The van der Waals surface area contributed by atoms with Gasteiger partial charge in [-0.1, -0.05) is 18.2 Å². The van der Waals surface area contributed by atoms with E-state index < -0.39 is 0 Å². The van der Waals surface area contributed by atoms with Crippen LogP contribution in [0.1, 0.15) is 19.4 Å². The van der Waals surface area contributed by atoms with Crippen LogP contribution in [0.3, 0.4) is 0 Å². The Balaban J connectivity index is 2.92. The van der Waals surface area contributed by atoms with Crippen molar-refractivity contribution in [1.29, 1.82) is 0 Å². The van der Waals surface area contributed by atoms with Gasteiger partial charge in [-0.05, 0) is 31.5 Å². The van der Waals surface area contributed by atoms with E-state index in [2.05, 4.69) is 0 Å². The van der Waals surface area contributed by atoms with Crippen molar-refractivity contribution in [3.63, 3.8) is 0 Å². The Kier molecular flexibility index (Phi) is 5.79. The minimum absolute atomic E-state index is 0.511. The maximum Gasteiger partial charge on any atom is 0.161 e. The van der Waals surface area contributed by atoms with Gasteiger partial charge >= 0.3 is 0 Å². The molecular formula is C13H17ClO2. The highest BCUT2D eigenvalue weighted by molar-refractivity contribution is 6.19. The van der Waals surface area contributed by atoms with Crippen LogP contribution in [0.2, 0.25) is 0 Å². The summed E-state index contributed by atoms with van der Waals surface area (Å²) in [7, 11) is 0. The van der Waals surface area contributed by atoms with Gasteiger partial charge in [0.2, 0.25) is 0 Å². The second-order valence-electron chi connectivity index (χ2n) is 3.13. The molecule has 16 heavy (non-hydrogen) atoms. The Bertz CT molecular complexity index is 348. The number of halogens is 1. The van der Waals surface area contributed by atoms with Crippen LogP contribution in [0.15, 0.2) is 24.3 Å². The standard InChI is InChI=1S/C13H17ClO2/c1-3-15-12-8-7-11(6-5-9-14)10-13(12)16-4-2/h5-8,10H,3-4,9H2,1-2H3. The summed E-state index contributed by atoms with van der Waals surface area (Å²) in [5, 5.41) is 0. The molecule has 1 aromatic rings. The smallest absolute Gasteiger partial charge is 0.161 e. The fourth-order valence-electron chi connectivity index (χ4n) is 1.35.